The summed E-state index contributed by atoms with van der Waals surface area (Å²) in [6.07, 6.45) is 6.15. The van der Waals surface area contributed by atoms with Crippen LogP contribution in [0.3, 0.4) is 0 Å². The Morgan fingerprint density at radius 2 is 2.22 bits per heavy atom. The van der Waals surface area contributed by atoms with Gasteiger partial charge < -0.3 is 10.6 Å². The third-order valence-corrected chi connectivity index (χ3v) is 5.54. The molecule has 3 aromatic rings. The van der Waals surface area contributed by atoms with Gasteiger partial charge in [0, 0.05) is 36.3 Å². The van der Waals surface area contributed by atoms with Gasteiger partial charge in [-0.1, -0.05) is 12.1 Å². The number of nitrogens with zero attached hydrogens (tertiary/aromatic N) is 3. The molecule has 8 heteroatoms. The van der Waals surface area contributed by atoms with Crippen LogP contribution >= 0.6 is 35.3 Å². The van der Waals surface area contributed by atoms with Gasteiger partial charge in [-0.25, -0.2) is 14.4 Å². The highest BCUT2D eigenvalue weighted by molar-refractivity contribution is 14.0. The monoisotopic (exact) mass is 499 g/mol. The van der Waals surface area contributed by atoms with E-state index in [2.05, 4.69) is 20.6 Å². The Labute approximate surface area is 179 Å². The number of guanidine groups is 1. The van der Waals surface area contributed by atoms with Crippen molar-refractivity contribution in [2.45, 2.75) is 31.7 Å². The minimum Gasteiger partial charge on any atom is -0.357 e. The summed E-state index contributed by atoms with van der Waals surface area (Å²) < 4.78 is 15.6. The first-order chi connectivity index (χ1) is 12.7. The fourth-order valence-electron chi connectivity index (χ4n) is 3.14. The number of hydrogen-bond acceptors (Lipinski definition) is 3. The molecule has 144 valence electrons. The second kappa shape index (κ2) is 8.55. The largest absolute Gasteiger partial charge is 0.357 e. The van der Waals surface area contributed by atoms with E-state index in [1.165, 1.54) is 6.07 Å². The van der Waals surface area contributed by atoms with Crippen molar-refractivity contribution in [2.24, 2.45) is 4.99 Å². The van der Waals surface area contributed by atoms with Crippen LogP contribution in [0.5, 0.6) is 0 Å². The smallest absolute Gasteiger partial charge is 0.193 e. The van der Waals surface area contributed by atoms with Crippen LogP contribution in [0, 0.1) is 5.82 Å². The number of thiazole rings is 1. The Bertz CT molecular complexity index is 902. The molecule has 1 fully saturated rings. The fraction of sp³-hybridized carbons (Fsp3) is 0.368. The molecule has 0 radical (unpaired) electrons. The second-order valence-electron chi connectivity index (χ2n) is 6.66. The molecule has 1 saturated carbocycles. The van der Waals surface area contributed by atoms with Gasteiger partial charge in [0.05, 0.1) is 12.2 Å². The van der Waals surface area contributed by atoms with Gasteiger partial charge in [-0.05, 0) is 37.5 Å². The van der Waals surface area contributed by atoms with Crippen molar-refractivity contribution >= 4 is 46.2 Å². The quantitative estimate of drug-likeness (QED) is 0.307. The summed E-state index contributed by atoms with van der Waals surface area (Å²) in [5, 5.41) is 8.72. The Morgan fingerprint density at radius 3 is 2.93 bits per heavy atom. The van der Waals surface area contributed by atoms with E-state index in [1.54, 1.807) is 23.5 Å². The number of aliphatic imine (C=N–C) groups is 1. The van der Waals surface area contributed by atoms with E-state index in [0.29, 0.717) is 6.54 Å². The Kier molecular flexibility index (Phi) is 6.36. The number of fused-ring (bicyclic) bond motifs is 1. The summed E-state index contributed by atoms with van der Waals surface area (Å²) in [7, 11) is 0. The first kappa shape index (κ1) is 20.1. The third-order valence-electron chi connectivity index (χ3n) is 4.77. The molecule has 1 aromatic carbocycles. The van der Waals surface area contributed by atoms with Crippen LogP contribution in [-0.2, 0) is 12.0 Å². The number of imidazole rings is 1. The Morgan fingerprint density at radius 1 is 1.37 bits per heavy atom. The molecule has 27 heavy (non-hydrogen) atoms. The minimum atomic E-state index is -0.172. The molecule has 0 atom stereocenters. The van der Waals surface area contributed by atoms with Crippen molar-refractivity contribution in [3.05, 3.63) is 59.1 Å². The molecular formula is C19H23FIN5S. The second-order valence-corrected chi connectivity index (χ2v) is 7.54. The van der Waals surface area contributed by atoms with E-state index in [0.717, 1.165) is 48.1 Å². The van der Waals surface area contributed by atoms with E-state index in [1.807, 2.05) is 35.2 Å². The number of nitrogens with one attached hydrogen (secondary N) is 2. The SMILES string of the molecule is CCNC(=NCc1cn2ccsc2n1)NCC1(c2cccc(F)c2)CC1.I. The van der Waals surface area contributed by atoms with Crippen molar-refractivity contribution in [3.8, 4) is 0 Å². The van der Waals surface area contributed by atoms with Crippen molar-refractivity contribution < 1.29 is 4.39 Å². The molecule has 2 aromatic heterocycles. The summed E-state index contributed by atoms with van der Waals surface area (Å²) in [6, 6.07) is 6.94. The molecule has 2 heterocycles. The first-order valence-electron chi connectivity index (χ1n) is 8.88. The molecule has 2 N–H and O–H groups in total. The van der Waals surface area contributed by atoms with Crippen LogP contribution in [0.4, 0.5) is 4.39 Å². The number of hydrogen-bond donors (Lipinski definition) is 2. The molecule has 5 nitrogen and oxygen atoms in total. The van der Waals surface area contributed by atoms with Crippen molar-refractivity contribution in [2.75, 3.05) is 13.1 Å². The number of aromatic nitrogens is 2. The summed E-state index contributed by atoms with van der Waals surface area (Å²) in [6.45, 7) is 4.11. The van der Waals surface area contributed by atoms with E-state index < -0.39 is 0 Å². The molecule has 0 saturated heterocycles. The zero-order valence-electron chi connectivity index (χ0n) is 15.1. The maximum atomic E-state index is 13.6. The standard InChI is InChI=1S/C19H22FN5S.HI/c1-2-21-17(22-11-16-12-25-8-9-26-18(25)24-16)23-13-19(6-7-19)14-4-3-5-15(20)10-14;/h3-5,8-10,12H,2,6-7,11,13H2,1H3,(H2,21,22,23);1H. The molecule has 1 aliphatic carbocycles. The van der Waals surface area contributed by atoms with Crippen LogP contribution in [0.25, 0.3) is 4.96 Å². The summed E-state index contributed by atoms with van der Waals surface area (Å²) in [4.78, 5) is 10.2. The maximum absolute atomic E-state index is 13.6. The predicted molar refractivity (Wildman–Crippen MR) is 119 cm³/mol. The zero-order chi connectivity index (χ0) is 18.0. The zero-order valence-corrected chi connectivity index (χ0v) is 18.3. The van der Waals surface area contributed by atoms with Crippen molar-refractivity contribution in [1.82, 2.24) is 20.0 Å². The highest BCUT2D eigenvalue weighted by Crippen LogP contribution is 2.47. The fourth-order valence-corrected chi connectivity index (χ4v) is 3.86. The average Bonchev–Trinajstić information content (AvgIpc) is 3.14. The lowest BCUT2D eigenvalue weighted by Gasteiger charge is -2.19. The van der Waals surface area contributed by atoms with E-state index in [9.17, 15) is 4.39 Å². The van der Waals surface area contributed by atoms with Gasteiger partial charge in [-0.3, -0.25) is 4.40 Å². The molecular weight excluding hydrogens is 476 g/mol. The highest BCUT2D eigenvalue weighted by Gasteiger charge is 2.44. The lowest BCUT2D eigenvalue weighted by atomic mass is 9.96. The molecule has 0 spiro atoms. The number of halogens is 2. The van der Waals surface area contributed by atoms with Crippen LogP contribution in [0.1, 0.15) is 31.0 Å². The van der Waals surface area contributed by atoms with E-state index >= 15 is 0 Å². The predicted octanol–water partition coefficient (Wildman–Crippen LogP) is 3.94. The summed E-state index contributed by atoms with van der Waals surface area (Å²) in [5.74, 6) is 0.598. The van der Waals surface area contributed by atoms with Crippen molar-refractivity contribution in [1.29, 1.82) is 0 Å². The molecule has 0 amide bonds. The third kappa shape index (κ3) is 4.60. The number of rotatable bonds is 6. The van der Waals surface area contributed by atoms with Crippen LogP contribution in [-0.4, -0.2) is 28.4 Å². The molecule has 4 rings (SSSR count). The van der Waals surface area contributed by atoms with Gasteiger partial charge in [0.15, 0.2) is 10.9 Å². The maximum Gasteiger partial charge on any atom is 0.193 e. The average molecular weight is 499 g/mol. The minimum absolute atomic E-state index is 0. The van der Waals surface area contributed by atoms with Gasteiger partial charge >= 0.3 is 0 Å². The molecule has 0 bridgehead atoms. The van der Waals surface area contributed by atoms with Gasteiger partial charge in [0.25, 0.3) is 0 Å². The van der Waals surface area contributed by atoms with E-state index in [4.69, 9.17) is 0 Å². The number of benzene rings is 1. The van der Waals surface area contributed by atoms with Gasteiger partial charge in [-0.15, -0.1) is 35.3 Å². The molecule has 0 unspecified atom stereocenters. The Hall–Kier alpha value is -1.68. The topological polar surface area (TPSA) is 53.7 Å². The summed E-state index contributed by atoms with van der Waals surface area (Å²) in [5.41, 5.74) is 2.03. The van der Waals surface area contributed by atoms with Crippen LogP contribution in [0.2, 0.25) is 0 Å². The van der Waals surface area contributed by atoms with Crippen LogP contribution in [0.15, 0.2) is 47.0 Å². The molecule has 0 aliphatic heterocycles. The van der Waals surface area contributed by atoms with Crippen molar-refractivity contribution in [3.63, 3.8) is 0 Å². The Balaban J connectivity index is 0.00000210. The highest BCUT2D eigenvalue weighted by atomic mass is 127. The van der Waals surface area contributed by atoms with E-state index in [-0.39, 0.29) is 35.2 Å². The lowest BCUT2D eigenvalue weighted by Crippen LogP contribution is -2.41. The molecule has 1 aliphatic rings. The lowest BCUT2D eigenvalue weighted by molar-refractivity contribution is 0.607. The van der Waals surface area contributed by atoms with Crippen LogP contribution < -0.4 is 10.6 Å². The van der Waals surface area contributed by atoms with Gasteiger partial charge in [0.1, 0.15) is 5.82 Å². The summed E-state index contributed by atoms with van der Waals surface area (Å²) >= 11 is 1.61. The van der Waals surface area contributed by atoms with Gasteiger partial charge in [0.2, 0.25) is 0 Å². The first-order valence-corrected chi connectivity index (χ1v) is 9.76. The normalized spacial score (nSPS) is 15.4. The van der Waals surface area contributed by atoms with Gasteiger partial charge in [-0.2, -0.15) is 0 Å².